The first kappa shape index (κ1) is 20.9. The number of phenolic OH excluding ortho intramolecular Hbond substituents is 1. The largest absolute Gasteiger partial charge is 0.507 e. The topological polar surface area (TPSA) is 77.9 Å². The molecule has 0 aromatic heterocycles. The molecule has 0 atom stereocenters. The number of aromatic hydroxyl groups is 1. The molecule has 4 rings (SSSR count). The van der Waals surface area contributed by atoms with E-state index >= 15 is 0 Å². The van der Waals surface area contributed by atoms with Crippen LogP contribution in [0.15, 0.2) is 53.4 Å². The third-order valence-electron chi connectivity index (χ3n) is 6.25. The van der Waals surface area contributed by atoms with Crippen molar-refractivity contribution in [3.63, 3.8) is 0 Å². The lowest BCUT2D eigenvalue weighted by Crippen LogP contribution is -2.50. The molecule has 0 radical (unpaired) electrons. The summed E-state index contributed by atoms with van der Waals surface area (Å²) in [7, 11) is -3.59. The lowest BCUT2D eigenvalue weighted by molar-refractivity contribution is 0.0695. The van der Waals surface area contributed by atoms with Crippen LogP contribution in [0.2, 0.25) is 0 Å². The van der Waals surface area contributed by atoms with E-state index in [9.17, 15) is 18.3 Å². The van der Waals surface area contributed by atoms with Gasteiger partial charge in [-0.1, -0.05) is 43.5 Å². The number of carbonyl (C=O) groups is 1. The third kappa shape index (κ3) is 4.23. The Kier molecular flexibility index (Phi) is 6.11. The molecule has 2 aromatic carbocycles. The number of hydrogen-bond acceptors (Lipinski definition) is 4. The number of phenols is 1. The summed E-state index contributed by atoms with van der Waals surface area (Å²) in [4.78, 5) is 14.5. The standard InChI is InChI=1S/C23H28N2O4S/c26-22-9-5-4-8-21(22)23(27)24-14-16-25(17-15-24)30(28,29)20-12-10-19(11-13-20)18-6-2-1-3-7-18/h4-5,8-13,18,26H,1-3,6-7,14-17H2. The van der Waals surface area contributed by atoms with Crippen LogP contribution in [0.3, 0.4) is 0 Å². The second-order valence-corrected chi connectivity index (χ2v) is 10.1. The Morgan fingerprint density at radius 3 is 2.13 bits per heavy atom. The molecule has 1 aliphatic heterocycles. The van der Waals surface area contributed by atoms with E-state index in [1.54, 1.807) is 35.2 Å². The molecule has 7 heteroatoms. The van der Waals surface area contributed by atoms with Crippen molar-refractivity contribution < 1.29 is 18.3 Å². The van der Waals surface area contributed by atoms with Gasteiger partial charge in [-0.25, -0.2) is 8.42 Å². The predicted octanol–water partition coefficient (Wildman–Crippen LogP) is 3.59. The number of hydrogen-bond donors (Lipinski definition) is 1. The van der Waals surface area contributed by atoms with Crippen molar-refractivity contribution in [2.24, 2.45) is 0 Å². The van der Waals surface area contributed by atoms with E-state index < -0.39 is 10.0 Å². The van der Waals surface area contributed by atoms with Gasteiger partial charge in [0.15, 0.2) is 0 Å². The van der Waals surface area contributed by atoms with Gasteiger partial charge in [0, 0.05) is 26.2 Å². The molecule has 2 aliphatic rings. The Labute approximate surface area is 178 Å². The van der Waals surface area contributed by atoms with Crippen molar-refractivity contribution in [2.45, 2.75) is 42.9 Å². The molecular weight excluding hydrogens is 400 g/mol. The maximum atomic E-state index is 13.1. The van der Waals surface area contributed by atoms with E-state index in [-0.39, 0.29) is 30.3 Å². The fraction of sp³-hybridized carbons (Fsp3) is 0.435. The molecule has 1 aliphatic carbocycles. The van der Waals surface area contributed by atoms with E-state index in [0.29, 0.717) is 23.9 Å². The van der Waals surface area contributed by atoms with Gasteiger partial charge in [0.05, 0.1) is 10.5 Å². The average molecular weight is 429 g/mol. The monoisotopic (exact) mass is 428 g/mol. The van der Waals surface area contributed by atoms with Gasteiger partial charge in [-0.3, -0.25) is 4.79 Å². The summed E-state index contributed by atoms with van der Waals surface area (Å²) >= 11 is 0. The van der Waals surface area contributed by atoms with Gasteiger partial charge in [-0.05, 0) is 48.6 Å². The number of sulfonamides is 1. The zero-order valence-electron chi connectivity index (χ0n) is 17.0. The molecule has 2 aromatic rings. The molecule has 160 valence electrons. The van der Waals surface area contributed by atoms with E-state index in [4.69, 9.17) is 0 Å². The van der Waals surface area contributed by atoms with Gasteiger partial charge in [0.2, 0.25) is 10.0 Å². The van der Waals surface area contributed by atoms with Crippen LogP contribution in [-0.2, 0) is 10.0 Å². The zero-order chi connectivity index (χ0) is 21.1. The van der Waals surface area contributed by atoms with E-state index in [2.05, 4.69) is 0 Å². The minimum absolute atomic E-state index is 0.0596. The summed E-state index contributed by atoms with van der Waals surface area (Å²) < 4.78 is 27.6. The highest BCUT2D eigenvalue weighted by atomic mass is 32.2. The highest BCUT2D eigenvalue weighted by molar-refractivity contribution is 7.89. The Morgan fingerprint density at radius 2 is 1.50 bits per heavy atom. The molecule has 1 saturated carbocycles. The smallest absolute Gasteiger partial charge is 0.257 e. The minimum atomic E-state index is -3.59. The predicted molar refractivity (Wildman–Crippen MR) is 115 cm³/mol. The Hall–Kier alpha value is -2.38. The Bertz CT molecular complexity index is 990. The number of carbonyl (C=O) groups excluding carboxylic acids is 1. The number of nitrogens with zero attached hydrogens (tertiary/aromatic N) is 2. The van der Waals surface area contributed by atoms with Crippen LogP contribution in [0.1, 0.15) is 53.9 Å². The Morgan fingerprint density at radius 1 is 0.867 bits per heavy atom. The summed E-state index contributed by atoms with van der Waals surface area (Å²) in [5, 5.41) is 9.90. The number of piperazine rings is 1. The number of rotatable bonds is 4. The van der Waals surface area contributed by atoms with Crippen molar-refractivity contribution in [1.29, 1.82) is 0 Å². The zero-order valence-corrected chi connectivity index (χ0v) is 17.9. The summed E-state index contributed by atoms with van der Waals surface area (Å²) in [5.41, 5.74) is 1.47. The van der Waals surface area contributed by atoms with Gasteiger partial charge in [-0.15, -0.1) is 0 Å². The van der Waals surface area contributed by atoms with Gasteiger partial charge < -0.3 is 10.0 Å². The quantitative estimate of drug-likeness (QED) is 0.807. The highest BCUT2D eigenvalue weighted by Crippen LogP contribution is 2.33. The number of amides is 1. The minimum Gasteiger partial charge on any atom is -0.507 e. The van der Waals surface area contributed by atoms with Gasteiger partial charge >= 0.3 is 0 Å². The van der Waals surface area contributed by atoms with E-state index in [1.807, 2.05) is 12.1 Å². The van der Waals surface area contributed by atoms with E-state index in [0.717, 1.165) is 0 Å². The molecule has 0 bridgehead atoms. The molecule has 0 unspecified atom stereocenters. The van der Waals surface area contributed by atoms with Crippen LogP contribution < -0.4 is 0 Å². The van der Waals surface area contributed by atoms with Crippen LogP contribution in [0.4, 0.5) is 0 Å². The molecule has 1 amide bonds. The van der Waals surface area contributed by atoms with Crippen molar-refractivity contribution in [3.8, 4) is 5.75 Å². The van der Waals surface area contributed by atoms with Crippen LogP contribution >= 0.6 is 0 Å². The number of para-hydroxylation sites is 1. The molecule has 0 spiro atoms. The molecule has 1 N–H and O–H groups in total. The van der Waals surface area contributed by atoms with Crippen LogP contribution in [0, 0.1) is 0 Å². The highest BCUT2D eigenvalue weighted by Gasteiger charge is 2.31. The van der Waals surface area contributed by atoms with E-state index in [1.165, 1.54) is 48.0 Å². The summed E-state index contributed by atoms with van der Waals surface area (Å²) in [5.74, 6) is 0.206. The molecule has 6 nitrogen and oxygen atoms in total. The van der Waals surface area contributed by atoms with Crippen LogP contribution in [0.5, 0.6) is 5.75 Å². The fourth-order valence-electron chi connectivity index (χ4n) is 4.45. The maximum absolute atomic E-state index is 13.1. The van der Waals surface area contributed by atoms with Gasteiger partial charge in [0.1, 0.15) is 5.75 Å². The van der Waals surface area contributed by atoms with Crippen LogP contribution in [-0.4, -0.2) is 54.8 Å². The molecule has 1 heterocycles. The first-order valence-electron chi connectivity index (χ1n) is 10.6. The van der Waals surface area contributed by atoms with Crippen molar-refractivity contribution in [1.82, 2.24) is 9.21 Å². The molecule has 30 heavy (non-hydrogen) atoms. The van der Waals surface area contributed by atoms with Gasteiger partial charge in [-0.2, -0.15) is 4.31 Å². The SMILES string of the molecule is O=C(c1ccccc1O)N1CCN(S(=O)(=O)c2ccc(C3CCCCC3)cc2)CC1. The second kappa shape index (κ2) is 8.78. The third-order valence-corrected chi connectivity index (χ3v) is 8.17. The summed E-state index contributed by atoms with van der Waals surface area (Å²) in [6.07, 6.45) is 6.14. The van der Waals surface area contributed by atoms with Crippen molar-refractivity contribution >= 4 is 15.9 Å². The summed E-state index contributed by atoms with van der Waals surface area (Å²) in [6.45, 7) is 1.08. The normalized spacial score (nSPS) is 19.0. The lowest BCUT2D eigenvalue weighted by atomic mass is 9.84. The van der Waals surface area contributed by atoms with Gasteiger partial charge in [0.25, 0.3) is 5.91 Å². The Balaban J connectivity index is 1.41. The number of benzene rings is 2. The second-order valence-electron chi connectivity index (χ2n) is 8.12. The maximum Gasteiger partial charge on any atom is 0.257 e. The lowest BCUT2D eigenvalue weighted by Gasteiger charge is -2.34. The molecule has 2 fully saturated rings. The first-order valence-corrected chi connectivity index (χ1v) is 12.1. The summed E-state index contributed by atoms with van der Waals surface area (Å²) in [6, 6.07) is 13.8. The molecular formula is C23H28N2O4S. The molecule has 1 saturated heterocycles. The van der Waals surface area contributed by atoms with Crippen molar-refractivity contribution in [2.75, 3.05) is 26.2 Å². The fourth-order valence-corrected chi connectivity index (χ4v) is 5.88. The van der Waals surface area contributed by atoms with Crippen molar-refractivity contribution in [3.05, 3.63) is 59.7 Å². The van der Waals surface area contributed by atoms with Crippen LogP contribution in [0.25, 0.3) is 0 Å². The first-order chi connectivity index (χ1) is 14.5. The average Bonchev–Trinajstić information content (AvgIpc) is 2.80.